The second-order valence-corrected chi connectivity index (χ2v) is 7.69. The van der Waals surface area contributed by atoms with Gasteiger partial charge in [-0.15, -0.1) is 0 Å². The second kappa shape index (κ2) is 6.99. The van der Waals surface area contributed by atoms with Crippen molar-refractivity contribution < 1.29 is 0 Å². The smallest absolute Gasteiger partial charge is 0.112 e. The lowest BCUT2D eigenvalue weighted by atomic mass is 9.99. The molecule has 0 aliphatic carbocycles. The fourth-order valence-corrected chi connectivity index (χ4v) is 3.99. The van der Waals surface area contributed by atoms with E-state index in [-0.39, 0.29) is 0 Å². The summed E-state index contributed by atoms with van der Waals surface area (Å²) in [5, 5.41) is 0. The minimum atomic E-state index is 0.437. The summed E-state index contributed by atoms with van der Waals surface area (Å²) >= 11 is 0. The summed E-state index contributed by atoms with van der Waals surface area (Å²) in [4.78, 5) is 18.8. The number of hydrogen-bond acceptors (Lipinski definition) is 6. The van der Waals surface area contributed by atoms with Crippen LogP contribution in [0.25, 0.3) is 5.57 Å². The van der Waals surface area contributed by atoms with Crippen molar-refractivity contribution >= 4 is 28.4 Å². The van der Waals surface area contributed by atoms with E-state index in [4.69, 9.17) is 21.5 Å². The Hall–Kier alpha value is -4.58. The van der Waals surface area contributed by atoms with Crippen LogP contribution in [-0.4, -0.2) is 22.8 Å². The average molecular weight is 414 g/mol. The molecule has 1 aromatic carbocycles. The molecule has 32 heavy (non-hydrogen) atoms. The molecule has 6 nitrogen and oxygen atoms in total. The highest BCUT2D eigenvalue weighted by atomic mass is 14.9. The molecule has 6 heteroatoms. The van der Waals surface area contributed by atoms with Crippen LogP contribution in [-0.2, 0) is 0 Å². The van der Waals surface area contributed by atoms with E-state index >= 15 is 0 Å². The molecule has 0 radical (unpaired) electrons. The maximum Gasteiger partial charge on any atom is 0.112 e. The standard InChI is InChI=1S/C26H18N6/c27-24-21-11-10-19(31-21)13-18-7-6-16(29-18)12-17-8-9-20(30-17)14-22-23(25(28)26(24)32-22)15-4-2-1-3-5-15/h1-14H,27-28H2. The summed E-state index contributed by atoms with van der Waals surface area (Å²) in [7, 11) is 0. The lowest BCUT2D eigenvalue weighted by Gasteiger charge is -2.07. The first kappa shape index (κ1) is 18.2. The van der Waals surface area contributed by atoms with Crippen LogP contribution in [0.15, 0.2) is 139 Å². The van der Waals surface area contributed by atoms with E-state index in [0.717, 1.165) is 45.4 Å². The fourth-order valence-electron chi connectivity index (χ4n) is 3.99. The normalized spacial score (nSPS) is 20.8. The zero-order valence-corrected chi connectivity index (χ0v) is 17.0. The van der Waals surface area contributed by atoms with E-state index < -0.39 is 0 Å². The molecular weight excluding hydrogens is 396 g/mol. The van der Waals surface area contributed by atoms with Gasteiger partial charge in [0.15, 0.2) is 0 Å². The van der Waals surface area contributed by atoms with Crippen LogP contribution >= 0.6 is 0 Å². The van der Waals surface area contributed by atoms with E-state index in [0.29, 0.717) is 22.8 Å². The van der Waals surface area contributed by atoms with Gasteiger partial charge in [-0.05, 0) is 60.2 Å². The summed E-state index contributed by atoms with van der Waals surface area (Å²) < 4.78 is 0. The maximum atomic E-state index is 6.61. The van der Waals surface area contributed by atoms with Crippen molar-refractivity contribution in [3.8, 4) is 0 Å². The van der Waals surface area contributed by atoms with Gasteiger partial charge >= 0.3 is 0 Å². The summed E-state index contributed by atoms with van der Waals surface area (Å²) in [5.41, 5.74) is 21.8. The number of fused-ring (bicyclic) bond motifs is 4. The molecule has 0 aromatic heterocycles. The molecule has 8 bridgehead atoms. The highest BCUT2D eigenvalue weighted by Gasteiger charge is 2.26. The Balaban J connectivity index is 1.58. The lowest BCUT2D eigenvalue weighted by Crippen LogP contribution is -2.14. The Morgan fingerprint density at radius 3 is 1.88 bits per heavy atom. The van der Waals surface area contributed by atoms with E-state index in [9.17, 15) is 0 Å². The quantitative estimate of drug-likeness (QED) is 0.732. The molecule has 5 heterocycles. The third-order valence-electron chi connectivity index (χ3n) is 5.51. The molecule has 0 spiro atoms. The van der Waals surface area contributed by atoms with Gasteiger partial charge in [0.25, 0.3) is 0 Å². The molecule has 5 aliphatic heterocycles. The van der Waals surface area contributed by atoms with Crippen molar-refractivity contribution in [2.24, 2.45) is 31.4 Å². The number of benzene rings is 1. The maximum absolute atomic E-state index is 6.61. The molecule has 4 N–H and O–H groups in total. The third-order valence-corrected chi connectivity index (χ3v) is 5.51. The molecule has 0 saturated heterocycles. The van der Waals surface area contributed by atoms with Gasteiger partial charge in [-0.25, -0.2) is 20.0 Å². The SMILES string of the molecule is NC1=C2N=C(C=C3C=CC(=N3)C=C3C=CC(=N3)C=C3C=CC1=N3)C(c1ccccc1)=C2N. The summed E-state index contributed by atoms with van der Waals surface area (Å²) in [6.07, 6.45) is 17.4. The minimum absolute atomic E-state index is 0.437. The van der Waals surface area contributed by atoms with Gasteiger partial charge < -0.3 is 11.5 Å². The molecule has 0 amide bonds. The van der Waals surface area contributed by atoms with Crippen molar-refractivity contribution in [2.75, 3.05) is 0 Å². The van der Waals surface area contributed by atoms with Crippen LogP contribution in [0.4, 0.5) is 0 Å². The zero-order chi connectivity index (χ0) is 21.7. The van der Waals surface area contributed by atoms with Crippen LogP contribution in [0.3, 0.4) is 0 Å². The number of allylic oxidation sites excluding steroid dienone is 10. The van der Waals surface area contributed by atoms with E-state index in [1.807, 2.05) is 85.0 Å². The van der Waals surface area contributed by atoms with Crippen molar-refractivity contribution in [1.29, 1.82) is 0 Å². The van der Waals surface area contributed by atoms with Crippen molar-refractivity contribution in [3.05, 3.63) is 125 Å². The second-order valence-electron chi connectivity index (χ2n) is 7.69. The summed E-state index contributed by atoms with van der Waals surface area (Å²) in [6, 6.07) is 9.94. The first-order chi connectivity index (χ1) is 15.6. The molecule has 152 valence electrons. The highest BCUT2D eigenvalue weighted by molar-refractivity contribution is 6.33. The Kier molecular flexibility index (Phi) is 3.98. The predicted octanol–water partition coefficient (Wildman–Crippen LogP) is 3.68. The van der Waals surface area contributed by atoms with Crippen molar-refractivity contribution in [3.63, 3.8) is 0 Å². The predicted molar refractivity (Wildman–Crippen MR) is 130 cm³/mol. The molecule has 1 aromatic rings. The van der Waals surface area contributed by atoms with Crippen LogP contribution in [0, 0.1) is 0 Å². The number of nitrogens with two attached hydrogens (primary N) is 2. The summed E-state index contributed by atoms with van der Waals surface area (Å²) in [6.45, 7) is 0. The Labute approximate surface area is 184 Å². The number of aliphatic imine (C=N–C) groups is 4. The average Bonchev–Trinajstić information content (AvgIpc) is 3.58. The van der Waals surface area contributed by atoms with E-state index in [1.165, 1.54) is 0 Å². The van der Waals surface area contributed by atoms with Crippen LogP contribution in [0.2, 0.25) is 0 Å². The van der Waals surface area contributed by atoms with Crippen molar-refractivity contribution in [2.45, 2.75) is 0 Å². The van der Waals surface area contributed by atoms with Gasteiger partial charge in [-0.1, -0.05) is 30.3 Å². The first-order valence-electron chi connectivity index (χ1n) is 10.2. The largest absolute Gasteiger partial charge is 0.396 e. The molecular formula is C26H18N6. The van der Waals surface area contributed by atoms with Gasteiger partial charge in [0.05, 0.1) is 51.3 Å². The molecule has 5 aliphatic rings. The Morgan fingerprint density at radius 1 is 0.531 bits per heavy atom. The van der Waals surface area contributed by atoms with Gasteiger partial charge in [-0.3, -0.25) is 0 Å². The van der Waals surface area contributed by atoms with E-state index in [1.54, 1.807) is 0 Å². The number of nitrogens with zero attached hydrogens (tertiary/aromatic N) is 4. The van der Waals surface area contributed by atoms with Gasteiger partial charge in [-0.2, -0.15) is 0 Å². The van der Waals surface area contributed by atoms with Gasteiger partial charge in [0, 0.05) is 5.57 Å². The Morgan fingerprint density at radius 2 is 1.16 bits per heavy atom. The molecule has 0 saturated carbocycles. The minimum Gasteiger partial charge on any atom is -0.396 e. The van der Waals surface area contributed by atoms with Crippen LogP contribution in [0.1, 0.15) is 5.56 Å². The number of hydrogen-bond donors (Lipinski definition) is 2. The zero-order valence-electron chi connectivity index (χ0n) is 17.0. The molecule has 0 unspecified atom stereocenters. The molecule has 0 atom stereocenters. The molecule has 6 rings (SSSR count). The monoisotopic (exact) mass is 414 g/mol. The third kappa shape index (κ3) is 3.06. The first-order valence-corrected chi connectivity index (χ1v) is 10.2. The highest BCUT2D eigenvalue weighted by Crippen LogP contribution is 2.33. The van der Waals surface area contributed by atoms with Crippen molar-refractivity contribution in [1.82, 2.24) is 0 Å². The van der Waals surface area contributed by atoms with Crippen LogP contribution in [0.5, 0.6) is 0 Å². The summed E-state index contributed by atoms with van der Waals surface area (Å²) in [5.74, 6) is 0. The fraction of sp³-hybridized carbons (Fsp3) is 0. The van der Waals surface area contributed by atoms with Gasteiger partial charge in [0.2, 0.25) is 0 Å². The lowest BCUT2D eigenvalue weighted by molar-refractivity contribution is 1.22. The van der Waals surface area contributed by atoms with E-state index in [2.05, 4.69) is 9.98 Å². The topological polar surface area (TPSA) is 101 Å². The number of rotatable bonds is 1. The van der Waals surface area contributed by atoms with Crippen LogP contribution < -0.4 is 11.5 Å². The Bertz CT molecular complexity index is 1440. The molecule has 0 fully saturated rings. The van der Waals surface area contributed by atoms with Gasteiger partial charge in [0.1, 0.15) is 5.70 Å².